The summed E-state index contributed by atoms with van der Waals surface area (Å²) in [7, 11) is 0. The lowest BCUT2D eigenvalue weighted by Crippen LogP contribution is -2.09. The van der Waals surface area contributed by atoms with E-state index < -0.39 is 5.97 Å². The normalized spacial score (nSPS) is 11.3. The van der Waals surface area contributed by atoms with E-state index in [2.05, 4.69) is 0 Å². The van der Waals surface area contributed by atoms with Gasteiger partial charge in [0.25, 0.3) is 0 Å². The van der Waals surface area contributed by atoms with Gasteiger partial charge in [0.2, 0.25) is 5.43 Å². The molecule has 0 spiro atoms. The fraction of sp³-hybridized carbons (Fsp3) is 0.222. The SMILES string of the molecule is Cc1cc2c(CCCC(=O)O)c3ccc(O)c(Cl)c3oc-2c(Cl)c1=O. The molecule has 0 saturated heterocycles. The number of aliphatic carboxylic acids is 1. The maximum Gasteiger partial charge on any atom is 0.303 e. The van der Waals surface area contributed by atoms with E-state index in [1.165, 1.54) is 6.07 Å². The number of rotatable bonds is 4. The molecular formula is C18H14Cl2O5. The monoisotopic (exact) mass is 380 g/mol. The molecule has 1 aliphatic heterocycles. The Hall–Kier alpha value is -2.24. The molecule has 0 fully saturated rings. The van der Waals surface area contributed by atoms with Crippen LogP contribution in [0.3, 0.4) is 0 Å². The Bertz CT molecular complexity index is 1020. The largest absolute Gasteiger partial charge is 0.506 e. The summed E-state index contributed by atoms with van der Waals surface area (Å²) in [6.45, 7) is 1.66. The molecule has 1 aromatic rings. The maximum absolute atomic E-state index is 12.1. The summed E-state index contributed by atoms with van der Waals surface area (Å²) in [5.41, 5.74) is 1.76. The Morgan fingerprint density at radius 3 is 2.64 bits per heavy atom. The summed E-state index contributed by atoms with van der Waals surface area (Å²) in [6, 6.07) is 4.79. The lowest BCUT2D eigenvalue weighted by molar-refractivity contribution is -0.137. The van der Waals surface area contributed by atoms with Crippen molar-refractivity contribution in [1.29, 1.82) is 0 Å². The number of halogens is 2. The molecule has 0 bridgehead atoms. The number of carboxylic acid groups (broad SMARTS) is 1. The fourth-order valence-corrected chi connectivity index (χ4v) is 3.37. The number of phenols is 1. The number of carbonyl (C=O) groups is 1. The van der Waals surface area contributed by atoms with Crippen LogP contribution in [0.15, 0.2) is 27.4 Å². The van der Waals surface area contributed by atoms with Crippen molar-refractivity contribution < 1.29 is 19.4 Å². The van der Waals surface area contributed by atoms with E-state index in [1.807, 2.05) is 0 Å². The highest BCUT2D eigenvalue weighted by molar-refractivity contribution is 6.36. The van der Waals surface area contributed by atoms with Gasteiger partial charge in [0.1, 0.15) is 15.8 Å². The Balaban J connectivity index is 2.36. The minimum absolute atomic E-state index is 0.00714. The number of hydrogen-bond acceptors (Lipinski definition) is 4. The van der Waals surface area contributed by atoms with Crippen molar-refractivity contribution >= 4 is 40.1 Å². The van der Waals surface area contributed by atoms with Crippen LogP contribution in [0.2, 0.25) is 10.0 Å². The lowest BCUT2D eigenvalue weighted by Gasteiger charge is -2.17. The van der Waals surface area contributed by atoms with E-state index in [0.717, 1.165) is 5.56 Å². The summed E-state index contributed by atoms with van der Waals surface area (Å²) in [5, 5.41) is 19.3. The standard InChI is InChI=1S/C18H14Cl2O5/c1-8-7-11-9(3-2-4-13(22)23)10-5-6-12(21)14(19)17(10)25-18(11)15(20)16(8)24/h5-7,21H,2-4H2,1H3,(H,22,23). The molecule has 130 valence electrons. The van der Waals surface area contributed by atoms with Crippen LogP contribution in [-0.4, -0.2) is 16.2 Å². The number of fused-ring (bicyclic) bond motifs is 2. The van der Waals surface area contributed by atoms with Crippen LogP contribution in [0.4, 0.5) is 0 Å². The molecule has 1 aliphatic carbocycles. The quantitative estimate of drug-likeness (QED) is 0.644. The number of carboxylic acids is 1. The molecule has 0 unspecified atom stereocenters. The Morgan fingerprint density at radius 1 is 1.24 bits per heavy atom. The highest BCUT2D eigenvalue weighted by atomic mass is 35.5. The van der Waals surface area contributed by atoms with Gasteiger partial charge in [-0.2, -0.15) is 0 Å². The van der Waals surface area contributed by atoms with Crippen LogP contribution < -0.4 is 5.43 Å². The maximum atomic E-state index is 12.1. The zero-order valence-electron chi connectivity index (χ0n) is 13.2. The topological polar surface area (TPSA) is 87.7 Å². The van der Waals surface area contributed by atoms with E-state index in [-0.39, 0.29) is 39.0 Å². The van der Waals surface area contributed by atoms with E-state index in [1.54, 1.807) is 19.1 Å². The third-order valence-corrected chi connectivity index (χ3v) is 4.82. The van der Waals surface area contributed by atoms with E-state index in [9.17, 15) is 14.7 Å². The van der Waals surface area contributed by atoms with Gasteiger partial charge in [-0.25, -0.2) is 0 Å². The summed E-state index contributed by atoms with van der Waals surface area (Å²) in [4.78, 5) is 23.0. The predicted molar refractivity (Wildman–Crippen MR) is 96.1 cm³/mol. The van der Waals surface area contributed by atoms with E-state index in [0.29, 0.717) is 29.4 Å². The number of benzene rings is 2. The van der Waals surface area contributed by atoms with Crippen LogP contribution in [0.5, 0.6) is 5.75 Å². The molecule has 0 radical (unpaired) electrons. The van der Waals surface area contributed by atoms with Crippen LogP contribution >= 0.6 is 23.2 Å². The number of hydrogen-bond donors (Lipinski definition) is 2. The zero-order chi connectivity index (χ0) is 18.3. The third-order valence-electron chi connectivity index (χ3n) is 4.11. The van der Waals surface area contributed by atoms with Gasteiger partial charge in [-0.1, -0.05) is 23.2 Å². The molecule has 2 aliphatic rings. The van der Waals surface area contributed by atoms with Gasteiger partial charge in [0, 0.05) is 17.4 Å². The van der Waals surface area contributed by atoms with Crippen LogP contribution in [0.1, 0.15) is 24.0 Å². The summed E-state index contributed by atoms with van der Waals surface area (Å²) in [5.74, 6) is -0.858. The second-order valence-electron chi connectivity index (χ2n) is 5.82. The van der Waals surface area contributed by atoms with Gasteiger partial charge < -0.3 is 14.6 Å². The van der Waals surface area contributed by atoms with Crippen molar-refractivity contribution in [2.24, 2.45) is 0 Å². The van der Waals surface area contributed by atoms with Crippen molar-refractivity contribution in [2.75, 3.05) is 0 Å². The molecular weight excluding hydrogens is 367 g/mol. The number of phenolic OH excluding ortho intramolecular Hbond substituents is 1. The fourth-order valence-electron chi connectivity index (χ4n) is 2.88. The second kappa shape index (κ2) is 6.58. The number of aromatic hydroxyl groups is 1. The highest BCUT2D eigenvalue weighted by Gasteiger charge is 2.23. The first-order chi connectivity index (χ1) is 11.8. The van der Waals surface area contributed by atoms with Crippen LogP contribution in [-0.2, 0) is 11.2 Å². The second-order valence-corrected chi connectivity index (χ2v) is 6.57. The first-order valence-corrected chi connectivity index (χ1v) is 8.34. The minimum atomic E-state index is -0.888. The molecule has 1 aromatic carbocycles. The molecule has 25 heavy (non-hydrogen) atoms. The van der Waals surface area contributed by atoms with Crippen LogP contribution in [0, 0.1) is 6.92 Å². The third kappa shape index (κ3) is 3.05. The van der Waals surface area contributed by atoms with Gasteiger partial charge in [0.15, 0.2) is 11.3 Å². The molecule has 3 rings (SSSR count). The Morgan fingerprint density at radius 2 is 1.96 bits per heavy atom. The summed E-state index contributed by atoms with van der Waals surface area (Å²) in [6.07, 6.45) is 0.843. The minimum Gasteiger partial charge on any atom is -0.506 e. The van der Waals surface area contributed by atoms with Crippen molar-refractivity contribution in [3.63, 3.8) is 0 Å². The molecule has 0 saturated carbocycles. The molecule has 1 heterocycles. The van der Waals surface area contributed by atoms with Crippen molar-refractivity contribution in [3.8, 4) is 17.1 Å². The van der Waals surface area contributed by atoms with Gasteiger partial charge >= 0.3 is 5.97 Å². The summed E-state index contributed by atoms with van der Waals surface area (Å²) >= 11 is 12.3. The molecule has 0 amide bonds. The molecule has 0 atom stereocenters. The van der Waals surface area contributed by atoms with E-state index in [4.69, 9.17) is 32.7 Å². The van der Waals surface area contributed by atoms with Gasteiger partial charge in [-0.3, -0.25) is 9.59 Å². The summed E-state index contributed by atoms with van der Waals surface area (Å²) < 4.78 is 5.75. The van der Waals surface area contributed by atoms with Crippen molar-refractivity contribution in [3.05, 3.63) is 49.6 Å². The molecule has 2 N–H and O–H groups in total. The molecule has 5 nitrogen and oxygen atoms in total. The van der Waals surface area contributed by atoms with Crippen molar-refractivity contribution in [2.45, 2.75) is 26.2 Å². The zero-order valence-corrected chi connectivity index (χ0v) is 14.7. The van der Waals surface area contributed by atoms with Gasteiger partial charge in [0.05, 0.1) is 0 Å². The predicted octanol–water partition coefficient (Wildman–Crippen LogP) is 4.63. The smallest absolute Gasteiger partial charge is 0.303 e. The Kier molecular flexibility index (Phi) is 4.62. The molecule has 7 heteroatoms. The molecule has 0 aromatic heterocycles. The average Bonchev–Trinajstić information content (AvgIpc) is 2.56. The highest BCUT2D eigenvalue weighted by Crippen LogP contribution is 2.42. The lowest BCUT2D eigenvalue weighted by atomic mass is 9.94. The number of aryl methyl sites for hydroxylation is 2. The first-order valence-electron chi connectivity index (χ1n) is 7.59. The van der Waals surface area contributed by atoms with Crippen LogP contribution in [0.25, 0.3) is 22.3 Å². The van der Waals surface area contributed by atoms with Gasteiger partial charge in [-0.05, 0) is 49.1 Å². The average molecular weight is 381 g/mol. The Labute approximate surface area is 152 Å². The van der Waals surface area contributed by atoms with Gasteiger partial charge in [-0.15, -0.1) is 0 Å². The van der Waals surface area contributed by atoms with E-state index >= 15 is 0 Å². The first kappa shape index (κ1) is 17.6. The van der Waals surface area contributed by atoms with Crippen molar-refractivity contribution in [1.82, 2.24) is 0 Å².